The van der Waals surface area contributed by atoms with Gasteiger partial charge in [-0.2, -0.15) is 0 Å². The molecule has 3 N–H and O–H groups in total. The van der Waals surface area contributed by atoms with Crippen molar-refractivity contribution in [3.8, 4) is 0 Å². The molecule has 5 heteroatoms. The first-order valence-corrected chi connectivity index (χ1v) is 8.40. The molecule has 3 amide bonds. The summed E-state index contributed by atoms with van der Waals surface area (Å²) in [6.07, 6.45) is 1.90. The first-order chi connectivity index (χ1) is 11.6. The van der Waals surface area contributed by atoms with Crippen LogP contribution in [-0.2, 0) is 4.79 Å². The highest BCUT2D eigenvalue weighted by atomic mass is 16.2. The van der Waals surface area contributed by atoms with E-state index in [4.69, 9.17) is 0 Å². The molecule has 2 rings (SSSR count). The van der Waals surface area contributed by atoms with E-state index in [0.29, 0.717) is 6.54 Å². The van der Waals surface area contributed by atoms with Crippen molar-refractivity contribution in [2.24, 2.45) is 0 Å². The number of unbranched alkanes of at least 4 members (excludes halogenated alkanes) is 1. The minimum absolute atomic E-state index is 0.00463. The minimum Gasteiger partial charge on any atom is -0.338 e. The number of amides is 3. The molecule has 2 aromatic carbocycles. The van der Waals surface area contributed by atoms with Crippen molar-refractivity contribution >= 4 is 22.7 Å². The van der Waals surface area contributed by atoms with Gasteiger partial charge in [0.15, 0.2) is 0 Å². The van der Waals surface area contributed by atoms with E-state index in [2.05, 4.69) is 40.2 Å². The van der Waals surface area contributed by atoms with Gasteiger partial charge in [-0.05, 0) is 29.7 Å². The molecule has 0 heterocycles. The third-order valence-electron chi connectivity index (χ3n) is 3.93. The van der Waals surface area contributed by atoms with E-state index in [1.54, 1.807) is 0 Å². The molecule has 0 aliphatic carbocycles. The van der Waals surface area contributed by atoms with Gasteiger partial charge in [-0.3, -0.25) is 10.1 Å². The fourth-order valence-electron chi connectivity index (χ4n) is 2.58. The first kappa shape index (κ1) is 17.9. The number of imide groups is 1. The normalized spacial score (nSPS) is 11.9. The number of nitrogens with one attached hydrogen (secondary N) is 3. The van der Waals surface area contributed by atoms with E-state index in [1.165, 1.54) is 5.39 Å². The zero-order chi connectivity index (χ0) is 17.4. The molecular formula is C19H25N3O2. The maximum absolute atomic E-state index is 11.9. The molecule has 0 saturated heterocycles. The summed E-state index contributed by atoms with van der Waals surface area (Å²) >= 11 is 0. The van der Waals surface area contributed by atoms with Gasteiger partial charge in [0.25, 0.3) is 0 Å². The molecule has 2 aromatic rings. The zero-order valence-electron chi connectivity index (χ0n) is 14.3. The minimum atomic E-state index is -0.437. The number of benzene rings is 2. The number of fused-ring (bicyclic) bond motifs is 1. The van der Waals surface area contributed by atoms with E-state index in [0.717, 1.165) is 23.8 Å². The van der Waals surface area contributed by atoms with Crippen molar-refractivity contribution in [1.82, 2.24) is 16.0 Å². The van der Waals surface area contributed by atoms with Gasteiger partial charge in [-0.15, -0.1) is 0 Å². The summed E-state index contributed by atoms with van der Waals surface area (Å²) in [5, 5.41) is 10.5. The van der Waals surface area contributed by atoms with Crippen LogP contribution in [-0.4, -0.2) is 25.0 Å². The Kier molecular flexibility index (Phi) is 6.75. The third kappa shape index (κ3) is 5.06. The fraction of sp³-hybridized carbons (Fsp3) is 0.368. The maximum atomic E-state index is 11.9. The lowest BCUT2D eigenvalue weighted by molar-refractivity contribution is -0.119. The lowest BCUT2D eigenvalue weighted by Crippen LogP contribution is -2.44. The van der Waals surface area contributed by atoms with Crippen molar-refractivity contribution in [3.05, 3.63) is 48.0 Å². The molecule has 0 saturated carbocycles. The predicted octanol–water partition coefficient (Wildman–Crippen LogP) is 3.12. The molecule has 0 unspecified atom stereocenters. The molecule has 0 aliphatic heterocycles. The summed E-state index contributed by atoms with van der Waals surface area (Å²) in [5.41, 5.74) is 1.13. The summed E-state index contributed by atoms with van der Waals surface area (Å²) in [7, 11) is 0. The van der Waals surface area contributed by atoms with Crippen LogP contribution in [0.4, 0.5) is 4.79 Å². The van der Waals surface area contributed by atoms with Crippen molar-refractivity contribution in [2.45, 2.75) is 32.7 Å². The Hall–Kier alpha value is -2.40. The predicted molar refractivity (Wildman–Crippen MR) is 96.8 cm³/mol. The average molecular weight is 327 g/mol. The Bertz CT molecular complexity index is 695. The van der Waals surface area contributed by atoms with Gasteiger partial charge in [-0.1, -0.05) is 55.8 Å². The summed E-state index contributed by atoms with van der Waals surface area (Å²) in [6, 6.07) is 13.9. The van der Waals surface area contributed by atoms with Crippen LogP contribution >= 0.6 is 0 Å². The average Bonchev–Trinajstić information content (AvgIpc) is 2.59. The Balaban J connectivity index is 1.87. The second kappa shape index (κ2) is 9.03. The second-order valence-corrected chi connectivity index (χ2v) is 5.83. The van der Waals surface area contributed by atoms with Crippen molar-refractivity contribution < 1.29 is 9.59 Å². The van der Waals surface area contributed by atoms with Crippen LogP contribution in [0.2, 0.25) is 0 Å². The Morgan fingerprint density at radius 3 is 2.62 bits per heavy atom. The van der Waals surface area contributed by atoms with E-state index >= 15 is 0 Å². The number of carbonyl (C=O) groups excluding carboxylic acids is 2. The maximum Gasteiger partial charge on any atom is 0.321 e. The smallest absolute Gasteiger partial charge is 0.321 e. The topological polar surface area (TPSA) is 70.2 Å². The molecule has 0 radical (unpaired) electrons. The van der Waals surface area contributed by atoms with Gasteiger partial charge < -0.3 is 10.6 Å². The molecule has 0 spiro atoms. The summed E-state index contributed by atoms with van der Waals surface area (Å²) in [6.45, 7) is 4.72. The van der Waals surface area contributed by atoms with Crippen LogP contribution < -0.4 is 16.0 Å². The van der Waals surface area contributed by atoms with Crippen LogP contribution in [0.15, 0.2) is 42.5 Å². The van der Waals surface area contributed by atoms with Gasteiger partial charge >= 0.3 is 6.03 Å². The molecule has 0 fully saturated rings. The molecule has 128 valence electrons. The summed E-state index contributed by atoms with van der Waals surface area (Å²) < 4.78 is 0. The van der Waals surface area contributed by atoms with Crippen LogP contribution in [0.5, 0.6) is 0 Å². The highest BCUT2D eigenvalue weighted by Crippen LogP contribution is 2.23. The lowest BCUT2D eigenvalue weighted by Gasteiger charge is -2.16. The molecular weight excluding hydrogens is 302 g/mol. The highest BCUT2D eigenvalue weighted by molar-refractivity contribution is 5.95. The van der Waals surface area contributed by atoms with Gasteiger partial charge in [0.05, 0.1) is 6.54 Å². The van der Waals surface area contributed by atoms with E-state index in [9.17, 15) is 9.59 Å². The van der Waals surface area contributed by atoms with Crippen LogP contribution in [0.25, 0.3) is 10.8 Å². The molecule has 24 heavy (non-hydrogen) atoms. The number of rotatable bonds is 7. The van der Waals surface area contributed by atoms with E-state index in [1.807, 2.05) is 32.0 Å². The Labute approximate surface area is 142 Å². The molecule has 1 atom stereocenters. The van der Waals surface area contributed by atoms with Crippen molar-refractivity contribution in [2.75, 3.05) is 13.1 Å². The van der Waals surface area contributed by atoms with E-state index < -0.39 is 6.03 Å². The van der Waals surface area contributed by atoms with Crippen molar-refractivity contribution in [1.29, 1.82) is 0 Å². The van der Waals surface area contributed by atoms with Crippen LogP contribution in [0, 0.1) is 0 Å². The Morgan fingerprint density at radius 1 is 1.08 bits per heavy atom. The lowest BCUT2D eigenvalue weighted by atomic mass is 10.00. The van der Waals surface area contributed by atoms with E-state index in [-0.39, 0.29) is 18.5 Å². The van der Waals surface area contributed by atoms with Gasteiger partial charge in [0, 0.05) is 12.6 Å². The highest BCUT2D eigenvalue weighted by Gasteiger charge is 2.12. The van der Waals surface area contributed by atoms with Crippen LogP contribution in [0.1, 0.15) is 38.3 Å². The molecule has 0 aliphatic rings. The Morgan fingerprint density at radius 2 is 1.83 bits per heavy atom. The van der Waals surface area contributed by atoms with Gasteiger partial charge in [0.1, 0.15) is 0 Å². The molecule has 0 bridgehead atoms. The second-order valence-electron chi connectivity index (χ2n) is 5.83. The monoisotopic (exact) mass is 327 g/mol. The van der Waals surface area contributed by atoms with Gasteiger partial charge in [-0.25, -0.2) is 4.79 Å². The molecule has 0 aromatic heterocycles. The van der Waals surface area contributed by atoms with Crippen LogP contribution in [0.3, 0.4) is 0 Å². The van der Waals surface area contributed by atoms with Crippen molar-refractivity contribution in [3.63, 3.8) is 0 Å². The SMILES string of the molecule is CCCCNC(=O)NC(=O)CN[C@H](C)c1cccc2ccccc12. The quantitative estimate of drug-likeness (QED) is 0.684. The standard InChI is InChI=1S/C19H25N3O2/c1-3-4-12-20-19(24)22-18(23)13-21-14(2)16-11-7-9-15-8-5-6-10-17(15)16/h5-11,14,21H,3-4,12-13H2,1-2H3,(H2,20,22,23,24)/t14-/m1/s1. The number of urea groups is 1. The largest absolute Gasteiger partial charge is 0.338 e. The number of hydrogen-bond donors (Lipinski definition) is 3. The first-order valence-electron chi connectivity index (χ1n) is 8.40. The third-order valence-corrected chi connectivity index (χ3v) is 3.93. The fourth-order valence-corrected chi connectivity index (χ4v) is 2.58. The summed E-state index contributed by atoms with van der Waals surface area (Å²) in [5.74, 6) is -0.337. The summed E-state index contributed by atoms with van der Waals surface area (Å²) in [4.78, 5) is 23.4. The molecule has 5 nitrogen and oxygen atoms in total. The van der Waals surface area contributed by atoms with Gasteiger partial charge in [0.2, 0.25) is 5.91 Å². The number of carbonyl (C=O) groups is 2. The number of hydrogen-bond acceptors (Lipinski definition) is 3. The zero-order valence-corrected chi connectivity index (χ0v) is 14.3.